The number of carbonyl (C=O) groups excluding carboxylic acids is 3. The molecule has 0 fully saturated rings. The van der Waals surface area contributed by atoms with Gasteiger partial charge in [0.2, 0.25) is 0 Å². The predicted molar refractivity (Wildman–Crippen MR) is 131 cm³/mol. The molecule has 3 aromatic rings. The molecule has 2 N–H and O–H groups in total. The van der Waals surface area contributed by atoms with Crippen molar-refractivity contribution in [1.29, 1.82) is 5.26 Å². The largest absolute Gasteiger partial charge is 0.497 e. The number of nitrogens with one attached hydrogen (secondary N) is 2. The van der Waals surface area contributed by atoms with Gasteiger partial charge in [-0.1, -0.05) is 6.07 Å². The van der Waals surface area contributed by atoms with Crippen molar-refractivity contribution in [2.24, 2.45) is 5.10 Å². The number of rotatable bonds is 7. The van der Waals surface area contributed by atoms with E-state index in [9.17, 15) is 14.4 Å². The Morgan fingerprint density at radius 2 is 1.61 bits per heavy atom. The molecular weight excluding hydrogens is 464 g/mol. The van der Waals surface area contributed by atoms with Crippen LogP contribution < -0.4 is 25.0 Å². The molecule has 0 aliphatic rings. The van der Waals surface area contributed by atoms with E-state index in [1.54, 1.807) is 43.3 Å². The van der Waals surface area contributed by atoms with Crippen molar-refractivity contribution in [1.82, 2.24) is 5.43 Å². The Hall–Kier alpha value is -5.17. The van der Waals surface area contributed by atoms with E-state index in [-0.39, 0.29) is 11.5 Å². The van der Waals surface area contributed by atoms with Crippen molar-refractivity contribution in [2.45, 2.75) is 6.92 Å². The zero-order valence-corrected chi connectivity index (χ0v) is 19.7. The smallest absolute Gasteiger partial charge is 0.343 e. The quantitative estimate of drug-likeness (QED) is 0.172. The summed E-state index contributed by atoms with van der Waals surface area (Å²) in [7, 11) is 2.92. The molecule has 0 saturated heterocycles. The number of amides is 2. The zero-order valence-electron chi connectivity index (χ0n) is 19.7. The lowest BCUT2D eigenvalue weighted by molar-refractivity contribution is -0.136. The molecule has 3 aromatic carbocycles. The molecule has 0 aliphatic heterocycles. The van der Waals surface area contributed by atoms with Crippen LogP contribution in [0.3, 0.4) is 0 Å². The summed E-state index contributed by atoms with van der Waals surface area (Å²) in [6.07, 6.45) is 0. The van der Waals surface area contributed by atoms with Crippen molar-refractivity contribution < 1.29 is 28.6 Å². The summed E-state index contributed by atoms with van der Waals surface area (Å²) in [6, 6.07) is 19.3. The molecular formula is C26H22N4O6. The highest BCUT2D eigenvalue weighted by Crippen LogP contribution is 2.29. The van der Waals surface area contributed by atoms with E-state index in [1.165, 1.54) is 44.6 Å². The lowest BCUT2D eigenvalue weighted by atomic mass is 10.1. The van der Waals surface area contributed by atoms with Crippen LogP contribution in [0.4, 0.5) is 5.69 Å². The van der Waals surface area contributed by atoms with E-state index in [0.717, 1.165) is 0 Å². The van der Waals surface area contributed by atoms with E-state index in [4.69, 9.17) is 19.5 Å². The average Bonchev–Trinajstić information content (AvgIpc) is 2.91. The highest BCUT2D eigenvalue weighted by atomic mass is 16.6. The number of ether oxygens (including phenoxy) is 3. The van der Waals surface area contributed by atoms with Crippen molar-refractivity contribution in [3.05, 3.63) is 83.4 Å². The van der Waals surface area contributed by atoms with Gasteiger partial charge in [-0.15, -0.1) is 0 Å². The van der Waals surface area contributed by atoms with Crippen LogP contribution in [0.25, 0.3) is 0 Å². The van der Waals surface area contributed by atoms with Gasteiger partial charge in [0.15, 0.2) is 11.5 Å². The summed E-state index contributed by atoms with van der Waals surface area (Å²) in [4.78, 5) is 36.7. The Labute approximate surface area is 207 Å². The molecule has 0 spiro atoms. The fraction of sp³-hybridized carbons (Fsp3) is 0.115. The van der Waals surface area contributed by atoms with Crippen LogP contribution in [0.5, 0.6) is 17.2 Å². The van der Waals surface area contributed by atoms with Gasteiger partial charge in [0.1, 0.15) is 5.75 Å². The average molecular weight is 486 g/mol. The van der Waals surface area contributed by atoms with Crippen LogP contribution in [-0.4, -0.2) is 37.7 Å². The molecule has 182 valence electrons. The van der Waals surface area contributed by atoms with Gasteiger partial charge in [-0.3, -0.25) is 9.59 Å². The third kappa shape index (κ3) is 6.45. The minimum atomic E-state index is -0.977. The third-order valence-corrected chi connectivity index (χ3v) is 4.89. The zero-order chi connectivity index (χ0) is 26.1. The predicted octanol–water partition coefficient (Wildman–Crippen LogP) is 3.27. The first-order valence-electron chi connectivity index (χ1n) is 10.5. The van der Waals surface area contributed by atoms with E-state index >= 15 is 0 Å². The molecule has 0 bridgehead atoms. The standard InChI is InChI=1S/C26H22N4O6/c1-16(29-30-25(32)24(31)28-20-10-7-17(15-27)8-11-20)18-9-12-22(23(14-18)35-3)36-26(33)19-5-4-6-21(13-19)34-2/h4-14H,1-3H3,(H,28,31)(H,30,32)/b29-16+. The molecule has 0 aromatic heterocycles. The first kappa shape index (κ1) is 25.5. The fourth-order valence-corrected chi connectivity index (χ4v) is 2.95. The summed E-state index contributed by atoms with van der Waals surface area (Å²) in [6.45, 7) is 1.62. The summed E-state index contributed by atoms with van der Waals surface area (Å²) in [5.74, 6) is -1.52. The fourth-order valence-electron chi connectivity index (χ4n) is 2.95. The molecule has 36 heavy (non-hydrogen) atoms. The molecule has 2 amide bonds. The van der Waals surface area contributed by atoms with Crippen molar-refractivity contribution in [3.63, 3.8) is 0 Å². The third-order valence-electron chi connectivity index (χ3n) is 4.89. The SMILES string of the molecule is COc1cccc(C(=O)Oc2ccc(/C(C)=N/NC(=O)C(=O)Nc3ccc(C#N)cc3)cc2OC)c1. The van der Waals surface area contributed by atoms with E-state index in [1.807, 2.05) is 6.07 Å². The van der Waals surface area contributed by atoms with E-state index < -0.39 is 17.8 Å². The number of nitrogens with zero attached hydrogens (tertiary/aromatic N) is 2. The second kappa shape index (κ2) is 11.8. The first-order valence-corrected chi connectivity index (χ1v) is 10.5. The molecule has 0 unspecified atom stereocenters. The van der Waals surface area contributed by atoms with Crippen LogP contribution in [0.2, 0.25) is 0 Å². The molecule has 0 atom stereocenters. The maximum atomic E-state index is 12.5. The number of hydrogen-bond acceptors (Lipinski definition) is 8. The Balaban J connectivity index is 1.66. The van der Waals surface area contributed by atoms with Crippen LogP contribution >= 0.6 is 0 Å². The summed E-state index contributed by atoms with van der Waals surface area (Å²) in [5.41, 5.74) is 4.21. The van der Waals surface area contributed by atoms with Crippen LogP contribution in [-0.2, 0) is 9.59 Å². The van der Waals surface area contributed by atoms with E-state index in [0.29, 0.717) is 33.8 Å². The lowest BCUT2D eigenvalue weighted by Gasteiger charge is -2.11. The van der Waals surface area contributed by atoms with E-state index in [2.05, 4.69) is 15.8 Å². The molecule has 10 heteroatoms. The maximum absolute atomic E-state index is 12.5. The Morgan fingerprint density at radius 3 is 2.28 bits per heavy atom. The molecule has 0 heterocycles. The lowest BCUT2D eigenvalue weighted by Crippen LogP contribution is -2.32. The van der Waals surface area contributed by atoms with Gasteiger partial charge in [-0.2, -0.15) is 10.4 Å². The Morgan fingerprint density at radius 1 is 0.861 bits per heavy atom. The van der Waals surface area contributed by atoms with Crippen molar-refractivity contribution in [3.8, 4) is 23.3 Å². The number of esters is 1. The van der Waals surface area contributed by atoms with Gasteiger partial charge in [0.05, 0.1) is 37.1 Å². The Bertz CT molecular complexity index is 1360. The molecule has 3 rings (SSSR count). The van der Waals surface area contributed by atoms with Crippen LogP contribution in [0.1, 0.15) is 28.4 Å². The number of hydrogen-bond donors (Lipinski definition) is 2. The number of hydrazone groups is 1. The van der Waals surface area contributed by atoms with Crippen molar-refractivity contribution >= 4 is 29.2 Å². The topological polar surface area (TPSA) is 139 Å². The highest BCUT2D eigenvalue weighted by molar-refractivity contribution is 6.39. The Kier molecular flexibility index (Phi) is 8.35. The minimum absolute atomic E-state index is 0.188. The number of benzene rings is 3. The second-order valence-electron chi connectivity index (χ2n) is 7.27. The highest BCUT2D eigenvalue weighted by Gasteiger charge is 2.16. The molecule has 0 saturated carbocycles. The van der Waals surface area contributed by atoms with Gasteiger partial charge in [-0.05, 0) is 67.6 Å². The number of anilines is 1. The second-order valence-corrected chi connectivity index (χ2v) is 7.27. The number of nitriles is 1. The number of methoxy groups -OCH3 is 2. The van der Waals surface area contributed by atoms with Gasteiger partial charge in [-0.25, -0.2) is 10.2 Å². The number of carbonyl (C=O) groups is 3. The van der Waals surface area contributed by atoms with Gasteiger partial charge >= 0.3 is 17.8 Å². The summed E-state index contributed by atoms with van der Waals surface area (Å²) >= 11 is 0. The molecule has 0 radical (unpaired) electrons. The summed E-state index contributed by atoms with van der Waals surface area (Å²) < 4.78 is 15.9. The summed E-state index contributed by atoms with van der Waals surface area (Å²) in [5, 5.41) is 15.2. The van der Waals surface area contributed by atoms with Crippen LogP contribution in [0.15, 0.2) is 71.8 Å². The van der Waals surface area contributed by atoms with Crippen LogP contribution in [0, 0.1) is 11.3 Å². The molecule has 0 aliphatic carbocycles. The monoisotopic (exact) mass is 486 g/mol. The van der Waals surface area contributed by atoms with Gasteiger partial charge in [0.25, 0.3) is 0 Å². The van der Waals surface area contributed by atoms with Gasteiger partial charge in [0, 0.05) is 11.3 Å². The van der Waals surface area contributed by atoms with Crippen molar-refractivity contribution in [2.75, 3.05) is 19.5 Å². The minimum Gasteiger partial charge on any atom is -0.497 e. The normalized spacial score (nSPS) is 10.6. The maximum Gasteiger partial charge on any atom is 0.343 e. The molecule has 10 nitrogen and oxygen atoms in total. The first-order chi connectivity index (χ1) is 17.3. The van der Waals surface area contributed by atoms with Gasteiger partial charge < -0.3 is 19.5 Å².